The zero-order valence-corrected chi connectivity index (χ0v) is 20.8. The summed E-state index contributed by atoms with van der Waals surface area (Å²) in [6, 6.07) is 9.10. The molecule has 2 atom stereocenters. The number of carbonyl (C=O) groups excluding carboxylic acids is 1. The van der Waals surface area contributed by atoms with Crippen molar-refractivity contribution >= 4 is 23.4 Å². The number of halogens is 1. The first-order valence-electron chi connectivity index (χ1n) is 12.0. The number of hydrogen-bond acceptors (Lipinski definition) is 8. The number of rotatable bonds is 5. The lowest BCUT2D eigenvalue weighted by Gasteiger charge is -2.44. The standard InChI is InChI=1S/C27H27FN8O/c1-17-4-7-25(31-9-17)35-15-18(2)36(19(3)16-35)27-32-13-23(14-33-27)34-26(37)20-5-6-24(30-11-20)21-8-22(28)12-29-10-21/h4-14,18-19H,15-16H2,1-3H3,(H,34,37)/t18-,19+. The van der Waals surface area contributed by atoms with E-state index in [0.717, 1.165) is 30.7 Å². The van der Waals surface area contributed by atoms with Crippen molar-refractivity contribution in [2.75, 3.05) is 28.2 Å². The van der Waals surface area contributed by atoms with E-state index in [1.165, 1.54) is 18.5 Å². The van der Waals surface area contributed by atoms with E-state index in [0.29, 0.717) is 28.5 Å². The Labute approximate surface area is 214 Å². The molecule has 0 bridgehead atoms. The lowest BCUT2D eigenvalue weighted by Crippen LogP contribution is -2.57. The van der Waals surface area contributed by atoms with E-state index in [9.17, 15) is 9.18 Å². The molecule has 37 heavy (non-hydrogen) atoms. The Balaban J connectivity index is 1.23. The first-order valence-corrected chi connectivity index (χ1v) is 12.0. The van der Waals surface area contributed by atoms with Gasteiger partial charge in [-0.25, -0.2) is 19.3 Å². The van der Waals surface area contributed by atoms with Gasteiger partial charge in [0.15, 0.2) is 0 Å². The van der Waals surface area contributed by atoms with Crippen LogP contribution in [0.25, 0.3) is 11.3 Å². The molecule has 9 nitrogen and oxygen atoms in total. The van der Waals surface area contributed by atoms with Gasteiger partial charge in [-0.05, 0) is 50.6 Å². The van der Waals surface area contributed by atoms with E-state index < -0.39 is 5.82 Å². The Kier molecular flexibility index (Phi) is 6.72. The first-order chi connectivity index (χ1) is 17.9. The molecule has 1 amide bonds. The molecule has 1 aliphatic heterocycles. The van der Waals surface area contributed by atoms with Gasteiger partial charge in [0.05, 0.1) is 35.5 Å². The van der Waals surface area contributed by atoms with E-state index >= 15 is 0 Å². The fraction of sp³-hybridized carbons (Fsp3) is 0.259. The number of amides is 1. The molecule has 5 heterocycles. The topological polar surface area (TPSA) is 100 Å². The molecule has 0 spiro atoms. The molecule has 1 aliphatic rings. The molecule has 188 valence electrons. The molecule has 0 radical (unpaired) electrons. The number of piperazine rings is 1. The molecule has 0 aromatic carbocycles. The van der Waals surface area contributed by atoms with Crippen LogP contribution in [0.15, 0.2) is 67.5 Å². The Morgan fingerprint density at radius 3 is 2.30 bits per heavy atom. The minimum atomic E-state index is -0.446. The van der Waals surface area contributed by atoms with Gasteiger partial charge in [-0.1, -0.05) is 6.07 Å². The van der Waals surface area contributed by atoms with Crippen LogP contribution in [0, 0.1) is 12.7 Å². The summed E-state index contributed by atoms with van der Waals surface area (Å²) < 4.78 is 13.4. The van der Waals surface area contributed by atoms with Crippen LogP contribution in [0.1, 0.15) is 29.8 Å². The molecule has 0 aliphatic carbocycles. The third-order valence-corrected chi connectivity index (χ3v) is 6.29. The molecular formula is C27H27FN8O. The number of aryl methyl sites for hydroxylation is 1. The van der Waals surface area contributed by atoms with Crippen LogP contribution in [-0.2, 0) is 0 Å². The molecule has 0 saturated carbocycles. The van der Waals surface area contributed by atoms with Crippen LogP contribution in [-0.4, -0.2) is 56.0 Å². The fourth-order valence-corrected chi connectivity index (χ4v) is 4.52. The third kappa shape index (κ3) is 5.37. The van der Waals surface area contributed by atoms with Crippen LogP contribution < -0.4 is 15.1 Å². The van der Waals surface area contributed by atoms with Gasteiger partial charge in [0, 0.05) is 49.3 Å². The highest BCUT2D eigenvalue weighted by Crippen LogP contribution is 2.25. The number of hydrogen-bond donors (Lipinski definition) is 1. The maximum Gasteiger partial charge on any atom is 0.257 e. The van der Waals surface area contributed by atoms with E-state index in [1.807, 2.05) is 13.1 Å². The van der Waals surface area contributed by atoms with Gasteiger partial charge >= 0.3 is 0 Å². The molecule has 1 fully saturated rings. The number of anilines is 3. The molecule has 5 rings (SSSR count). The highest BCUT2D eigenvalue weighted by molar-refractivity contribution is 6.04. The highest BCUT2D eigenvalue weighted by Gasteiger charge is 2.31. The summed E-state index contributed by atoms with van der Waals surface area (Å²) in [6.07, 6.45) is 9.19. The van der Waals surface area contributed by atoms with Crippen molar-refractivity contribution in [2.24, 2.45) is 0 Å². The van der Waals surface area contributed by atoms with Crippen LogP contribution in [0.4, 0.5) is 21.8 Å². The van der Waals surface area contributed by atoms with E-state index in [4.69, 9.17) is 0 Å². The van der Waals surface area contributed by atoms with Gasteiger partial charge in [-0.15, -0.1) is 0 Å². The van der Waals surface area contributed by atoms with Crippen molar-refractivity contribution in [3.05, 3.63) is 84.5 Å². The van der Waals surface area contributed by atoms with E-state index in [-0.39, 0.29) is 18.0 Å². The van der Waals surface area contributed by atoms with Gasteiger partial charge in [0.25, 0.3) is 5.91 Å². The number of nitrogens with one attached hydrogen (secondary N) is 1. The summed E-state index contributed by atoms with van der Waals surface area (Å²) in [7, 11) is 0. The van der Waals surface area contributed by atoms with Crippen molar-refractivity contribution in [2.45, 2.75) is 32.9 Å². The van der Waals surface area contributed by atoms with Crippen LogP contribution in [0.2, 0.25) is 0 Å². The predicted molar refractivity (Wildman–Crippen MR) is 140 cm³/mol. The lowest BCUT2D eigenvalue weighted by atomic mass is 10.1. The Morgan fingerprint density at radius 1 is 0.919 bits per heavy atom. The predicted octanol–water partition coefficient (Wildman–Crippen LogP) is 4.13. The SMILES string of the molecule is Cc1ccc(N2C[C@@H](C)N(c3ncc(NC(=O)c4ccc(-c5cncc(F)c5)nc4)cn3)[C@@H](C)C2)nc1. The maximum absolute atomic E-state index is 13.4. The van der Waals surface area contributed by atoms with E-state index in [2.05, 4.69) is 66.0 Å². The quantitative estimate of drug-likeness (QED) is 0.438. The van der Waals surface area contributed by atoms with Crippen molar-refractivity contribution in [1.29, 1.82) is 0 Å². The van der Waals surface area contributed by atoms with Gasteiger partial charge in [0.2, 0.25) is 5.95 Å². The average molecular weight is 499 g/mol. The summed E-state index contributed by atoms with van der Waals surface area (Å²) in [6.45, 7) is 7.93. The second kappa shape index (κ2) is 10.3. The molecular weight excluding hydrogens is 471 g/mol. The summed E-state index contributed by atoms with van der Waals surface area (Å²) in [5.41, 5.74) is 3.04. The van der Waals surface area contributed by atoms with Crippen molar-refractivity contribution < 1.29 is 9.18 Å². The van der Waals surface area contributed by atoms with Gasteiger partial charge < -0.3 is 15.1 Å². The van der Waals surface area contributed by atoms with Crippen LogP contribution in [0.5, 0.6) is 0 Å². The maximum atomic E-state index is 13.4. The molecule has 4 aromatic rings. The van der Waals surface area contributed by atoms with E-state index in [1.54, 1.807) is 24.5 Å². The Morgan fingerprint density at radius 2 is 1.68 bits per heavy atom. The smallest absolute Gasteiger partial charge is 0.257 e. The van der Waals surface area contributed by atoms with Gasteiger partial charge in [-0.3, -0.25) is 14.8 Å². The third-order valence-electron chi connectivity index (χ3n) is 6.29. The molecule has 4 aromatic heterocycles. The van der Waals surface area contributed by atoms with Gasteiger partial charge in [-0.2, -0.15) is 0 Å². The summed E-state index contributed by atoms with van der Waals surface area (Å²) in [4.78, 5) is 38.9. The zero-order chi connectivity index (χ0) is 25.9. The number of aromatic nitrogens is 5. The van der Waals surface area contributed by atoms with Crippen molar-refractivity contribution in [3.63, 3.8) is 0 Å². The average Bonchev–Trinajstić information content (AvgIpc) is 2.90. The monoisotopic (exact) mass is 498 g/mol. The number of carbonyl (C=O) groups is 1. The first kappa shape index (κ1) is 24.2. The highest BCUT2D eigenvalue weighted by atomic mass is 19.1. The molecule has 1 N–H and O–H groups in total. The van der Waals surface area contributed by atoms with Crippen LogP contribution in [0.3, 0.4) is 0 Å². The largest absolute Gasteiger partial charge is 0.353 e. The van der Waals surface area contributed by atoms with Gasteiger partial charge in [0.1, 0.15) is 11.6 Å². The van der Waals surface area contributed by atoms with Crippen molar-refractivity contribution in [1.82, 2.24) is 24.9 Å². The lowest BCUT2D eigenvalue weighted by molar-refractivity contribution is 0.102. The van der Waals surface area contributed by atoms with Crippen LogP contribution >= 0.6 is 0 Å². The summed E-state index contributed by atoms with van der Waals surface area (Å²) in [5.74, 6) is 0.800. The number of pyridine rings is 3. The summed E-state index contributed by atoms with van der Waals surface area (Å²) in [5, 5.41) is 2.80. The second-order valence-electron chi connectivity index (χ2n) is 9.25. The second-order valence-corrected chi connectivity index (χ2v) is 9.25. The Hall–Kier alpha value is -4.47. The molecule has 1 saturated heterocycles. The fourth-order valence-electron chi connectivity index (χ4n) is 4.52. The normalized spacial score (nSPS) is 17.5. The minimum absolute atomic E-state index is 0.171. The minimum Gasteiger partial charge on any atom is -0.353 e. The molecule has 0 unspecified atom stereocenters. The Bertz CT molecular complexity index is 1370. The zero-order valence-electron chi connectivity index (χ0n) is 20.8. The number of nitrogens with zero attached hydrogens (tertiary/aromatic N) is 7. The summed E-state index contributed by atoms with van der Waals surface area (Å²) >= 11 is 0. The molecule has 10 heteroatoms. The van der Waals surface area contributed by atoms with Crippen molar-refractivity contribution in [3.8, 4) is 11.3 Å².